The molecule has 3 N–H and O–H groups in total. The summed E-state index contributed by atoms with van der Waals surface area (Å²) in [5, 5.41) is 10.6. The van der Waals surface area contributed by atoms with Crippen molar-refractivity contribution in [1.29, 1.82) is 0 Å². The maximum atomic E-state index is 13.1. The number of allylic oxidation sites excluding steroid dienone is 20. The predicted molar refractivity (Wildman–Crippen MR) is 399 cm³/mol. The zero-order valence-corrected chi connectivity index (χ0v) is 63.0. The summed E-state index contributed by atoms with van der Waals surface area (Å²) in [6.45, 7) is 4.51. The molecule has 0 aromatic rings. The van der Waals surface area contributed by atoms with E-state index in [1.807, 2.05) is 12.2 Å². The molecule has 0 saturated heterocycles. The van der Waals surface area contributed by atoms with E-state index >= 15 is 0 Å². The number of hydrogen-bond acceptors (Lipinski definition) is 15. The molecule has 0 amide bonds. The molecule has 5 atom stereocenters. The number of carbonyl (C=O) groups excluding carboxylic acids is 4. The van der Waals surface area contributed by atoms with Gasteiger partial charge in [0.25, 0.3) is 0 Å². The van der Waals surface area contributed by atoms with Crippen LogP contribution in [0.3, 0.4) is 0 Å². The molecule has 0 fully saturated rings. The number of unbranched alkanes of at least 4 members (excludes halogenated alkanes) is 24. The monoisotopic (exact) mass is 1420 g/mol. The molecule has 5 unspecified atom stereocenters. The van der Waals surface area contributed by atoms with E-state index in [1.165, 1.54) is 57.8 Å². The number of aliphatic hydroxyl groups excluding tert-OH is 1. The van der Waals surface area contributed by atoms with E-state index in [-0.39, 0.29) is 25.7 Å². The van der Waals surface area contributed by atoms with E-state index in [9.17, 15) is 43.2 Å². The summed E-state index contributed by atoms with van der Waals surface area (Å²) in [5.74, 6) is -2.27. The number of aliphatic hydroxyl groups is 1. The summed E-state index contributed by atoms with van der Waals surface area (Å²) in [4.78, 5) is 72.8. The van der Waals surface area contributed by atoms with Crippen molar-refractivity contribution >= 4 is 39.5 Å². The number of esters is 4. The maximum Gasteiger partial charge on any atom is 0.472 e. The van der Waals surface area contributed by atoms with Gasteiger partial charge in [0.1, 0.15) is 19.3 Å². The Labute approximate surface area is 593 Å². The third kappa shape index (κ3) is 69.9. The second kappa shape index (κ2) is 70.9. The van der Waals surface area contributed by atoms with Crippen LogP contribution in [0.5, 0.6) is 0 Å². The number of ether oxygens (including phenoxy) is 4. The lowest BCUT2D eigenvalue weighted by Crippen LogP contribution is -2.30. The van der Waals surface area contributed by atoms with Crippen LogP contribution < -0.4 is 0 Å². The Kier molecular flexibility index (Phi) is 67.6. The first-order chi connectivity index (χ1) is 47.7. The van der Waals surface area contributed by atoms with Crippen LogP contribution in [0.25, 0.3) is 0 Å². The maximum absolute atomic E-state index is 13.1. The Morgan fingerprint density at radius 2 is 0.541 bits per heavy atom. The van der Waals surface area contributed by atoms with Crippen LogP contribution in [0.1, 0.15) is 297 Å². The minimum atomic E-state index is -4.99. The molecule has 0 aliphatic carbocycles. The average Bonchev–Trinajstić information content (AvgIpc) is 0.986. The van der Waals surface area contributed by atoms with E-state index in [2.05, 4.69) is 137 Å². The first-order valence-corrected chi connectivity index (χ1v) is 40.8. The van der Waals surface area contributed by atoms with Crippen LogP contribution in [0.4, 0.5) is 0 Å². The quantitative estimate of drug-likeness (QED) is 0.0169. The van der Waals surface area contributed by atoms with E-state index in [1.54, 1.807) is 0 Å². The summed E-state index contributed by atoms with van der Waals surface area (Å²) in [6, 6.07) is 0. The second-order valence-electron chi connectivity index (χ2n) is 24.8. The van der Waals surface area contributed by atoms with Gasteiger partial charge in [-0.25, -0.2) is 9.13 Å². The summed E-state index contributed by atoms with van der Waals surface area (Å²) in [7, 11) is -9.97. The average molecular weight is 1420 g/mol. The molecule has 19 heteroatoms. The third-order valence-electron chi connectivity index (χ3n) is 15.4. The Morgan fingerprint density at radius 3 is 0.878 bits per heavy atom. The van der Waals surface area contributed by atoms with Gasteiger partial charge in [0, 0.05) is 25.7 Å². The molecule has 0 rings (SSSR count). The molecule has 0 heterocycles. The molecule has 17 nitrogen and oxygen atoms in total. The second-order valence-corrected chi connectivity index (χ2v) is 27.7. The standard InChI is InChI=1S/C79H134O17P2/c1-5-9-13-17-21-25-29-32-35-36-39-41-45-48-52-56-60-64-77(82)90-70-75(96-79(84)66-62-58-54-50-46-42-38-34-31-27-23-19-15-11-7-3)72-94-98(87,88)92-68-73(80)67-91-97(85,86)93-71-74(95-78(83)65-61-57-53-49-43-28-24-20-16-12-8-4)69-89-76(81)63-59-55-51-47-44-40-37-33-30-26-22-18-14-10-6-2/h9,11,13,15,21-23,25-27,32-35,37-39,41,48,52,73-75,80H,5-8,10,12,14,16-20,24,28-31,36,40,42-47,49-51,53-72H2,1-4H3,(H,85,86)(H,87,88)/b13-9-,15-11-,25-21-,26-22-,27-23-,35-32-,37-33-,38-34-,41-39-,52-48-. The van der Waals surface area contributed by atoms with Crippen LogP contribution in [-0.2, 0) is 65.4 Å². The van der Waals surface area contributed by atoms with E-state index in [0.717, 1.165) is 154 Å². The first-order valence-electron chi connectivity index (χ1n) is 37.8. The van der Waals surface area contributed by atoms with Gasteiger partial charge in [-0.05, 0) is 128 Å². The van der Waals surface area contributed by atoms with E-state index < -0.39 is 97.5 Å². The Bertz CT molecular complexity index is 2340. The highest BCUT2D eigenvalue weighted by Crippen LogP contribution is 2.45. The molecular formula is C79H134O17P2. The minimum Gasteiger partial charge on any atom is -0.462 e. The van der Waals surface area contributed by atoms with Crippen molar-refractivity contribution < 1.29 is 80.2 Å². The Balaban J connectivity index is 5.40. The fraction of sp³-hybridized carbons (Fsp3) is 0.696. The predicted octanol–water partition coefficient (Wildman–Crippen LogP) is 21.6. The number of carbonyl (C=O) groups is 4. The summed E-state index contributed by atoms with van der Waals surface area (Å²) < 4.78 is 68.3. The van der Waals surface area contributed by atoms with Crippen LogP contribution in [0.2, 0.25) is 0 Å². The molecule has 0 aliphatic heterocycles. The van der Waals surface area contributed by atoms with Crippen LogP contribution in [0, 0.1) is 0 Å². The fourth-order valence-corrected chi connectivity index (χ4v) is 11.3. The first kappa shape index (κ1) is 93.5. The van der Waals surface area contributed by atoms with Gasteiger partial charge >= 0.3 is 39.5 Å². The van der Waals surface area contributed by atoms with Crippen molar-refractivity contribution in [1.82, 2.24) is 0 Å². The Morgan fingerprint density at radius 1 is 0.296 bits per heavy atom. The van der Waals surface area contributed by atoms with Gasteiger partial charge in [0.2, 0.25) is 0 Å². The van der Waals surface area contributed by atoms with Gasteiger partial charge in [-0.1, -0.05) is 265 Å². The zero-order chi connectivity index (χ0) is 71.8. The molecule has 0 aromatic heterocycles. The fourth-order valence-electron chi connectivity index (χ4n) is 9.71. The normalized spacial score (nSPS) is 14.6. The lowest BCUT2D eigenvalue weighted by atomic mass is 10.1. The lowest BCUT2D eigenvalue weighted by Gasteiger charge is -2.21. The molecule has 0 saturated carbocycles. The largest absolute Gasteiger partial charge is 0.472 e. The summed E-state index contributed by atoms with van der Waals surface area (Å²) in [6.07, 6.45) is 76.3. The highest BCUT2D eigenvalue weighted by molar-refractivity contribution is 7.47. The SMILES string of the molecule is CC/C=C\C/C=C\C/C=C\C/C=C\C/C=C\CCCC(=O)OCC(COP(=O)(O)OCC(O)COP(=O)(O)OCC(COC(=O)CCCCCCC/C=C\C/C=C\CCCCC)OC(=O)CCCCCCCCCCCCC)OC(=O)CCCCCCC/C=C\C/C=C\C/C=C\CC. The zero-order valence-electron chi connectivity index (χ0n) is 61.2. The molecule has 0 radical (unpaired) electrons. The summed E-state index contributed by atoms with van der Waals surface area (Å²) in [5.41, 5.74) is 0. The molecule has 0 bridgehead atoms. The molecule has 562 valence electrons. The van der Waals surface area contributed by atoms with Crippen LogP contribution in [0.15, 0.2) is 122 Å². The number of phosphoric acid groups is 2. The highest BCUT2D eigenvalue weighted by atomic mass is 31.2. The number of hydrogen-bond donors (Lipinski definition) is 3. The van der Waals surface area contributed by atoms with Crippen molar-refractivity contribution in [2.24, 2.45) is 0 Å². The number of rotatable bonds is 70. The smallest absolute Gasteiger partial charge is 0.462 e. The van der Waals surface area contributed by atoms with Gasteiger partial charge in [-0.2, -0.15) is 0 Å². The van der Waals surface area contributed by atoms with Gasteiger partial charge in [-0.15, -0.1) is 0 Å². The minimum absolute atomic E-state index is 0.0607. The van der Waals surface area contributed by atoms with E-state index in [0.29, 0.717) is 32.1 Å². The molecular weight excluding hydrogens is 1280 g/mol. The van der Waals surface area contributed by atoms with Gasteiger partial charge in [0.05, 0.1) is 26.4 Å². The Hall–Kier alpha value is -4.54. The van der Waals surface area contributed by atoms with Gasteiger partial charge in [0.15, 0.2) is 12.2 Å². The van der Waals surface area contributed by atoms with Crippen molar-refractivity contribution in [2.75, 3.05) is 39.6 Å². The van der Waals surface area contributed by atoms with Crippen molar-refractivity contribution in [3.8, 4) is 0 Å². The van der Waals surface area contributed by atoms with Crippen LogP contribution in [-0.4, -0.2) is 96.7 Å². The van der Waals surface area contributed by atoms with Crippen molar-refractivity contribution in [2.45, 2.75) is 316 Å². The topological polar surface area (TPSA) is 237 Å². The number of phosphoric ester groups is 2. The molecule has 0 spiro atoms. The molecule has 98 heavy (non-hydrogen) atoms. The summed E-state index contributed by atoms with van der Waals surface area (Å²) >= 11 is 0. The van der Waals surface area contributed by atoms with Crippen LogP contribution >= 0.6 is 15.6 Å². The van der Waals surface area contributed by atoms with Crippen molar-refractivity contribution in [3.05, 3.63) is 122 Å². The molecule has 0 aromatic carbocycles. The molecule has 0 aliphatic rings. The van der Waals surface area contributed by atoms with Gasteiger partial charge < -0.3 is 33.8 Å². The van der Waals surface area contributed by atoms with Gasteiger partial charge in [-0.3, -0.25) is 37.3 Å². The lowest BCUT2D eigenvalue weighted by molar-refractivity contribution is -0.161. The third-order valence-corrected chi connectivity index (χ3v) is 17.3. The highest BCUT2D eigenvalue weighted by Gasteiger charge is 2.30. The van der Waals surface area contributed by atoms with Crippen molar-refractivity contribution in [3.63, 3.8) is 0 Å². The van der Waals surface area contributed by atoms with E-state index in [4.69, 9.17) is 37.0 Å².